The van der Waals surface area contributed by atoms with Gasteiger partial charge in [-0.2, -0.15) is 4.57 Å². The van der Waals surface area contributed by atoms with E-state index in [-0.39, 0.29) is 22.8 Å². The third-order valence-electron chi connectivity index (χ3n) is 5.51. The zero-order valence-electron chi connectivity index (χ0n) is 19.2. The molecule has 0 bridgehead atoms. The van der Waals surface area contributed by atoms with Crippen LogP contribution in [0.15, 0.2) is 50.6 Å². The van der Waals surface area contributed by atoms with E-state index in [0.717, 1.165) is 31.0 Å². The van der Waals surface area contributed by atoms with Crippen LogP contribution in [0.2, 0.25) is 0 Å². The van der Waals surface area contributed by atoms with Crippen molar-refractivity contribution in [3.63, 3.8) is 0 Å². The van der Waals surface area contributed by atoms with Gasteiger partial charge in [-0.15, -0.1) is 11.3 Å². The summed E-state index contributed by atoms with van der Waals surface area (Å²) < 4.78 is 19.2. The molecule has 1 amide bonds. The molecule has 2 aliphatic heterocycles. The summed E-state index contributed by atoms with van der Waals surface area (Å²) in [5.41, 5.74) is 1.71. The first-order valence-electron chi connectivity index (χ1n) is 10.9. The molecule has 0 fully saturated rings. The summed E-state index contributed by atoms with van der Waals surface area (Å²) in [7, 11) is 1.91. The van der Waals surface area contributed by atoms with Crippen molar-refractivity contribution < 1.29 is 13.8 Å². The van der Waals surface area contributed by atoms with Gasteiger partial charge in [0, 0.05) is 30.8 Å². The van der Waals surface area contributed by atoms with Gasteiger partial charge in [0.15, 0.2) is 18.2 Å². The number of thioether (sulfide) groups is 2. The molecule has 1 aromatic carbocycles. The molecule has 3 aromatic rings. The van der Waals surface area contributed by atoms with Crippen molar-refractivity contribution in [3.05, 3.63) is 71.3 Å². The van der Waals surface area contributed by atoms with Crippen molar-refractivity contribution in [3.8, 4) is 0 Å². The first kappa shape index (κ1) is 24.2. The van der Waals surface area contributed by atoms with Crippen LogP contribution in [0.4, 0.5) is 10.1 Å². The van der Waals surface area contributed by atoms with Gasteiger partial charge in [-0.3, -0.25) is 14.2 Å². The lowest BCUT2D eigenvalue weighted by atomic mass is 10.3. The smallest absolute Gasteiger partial charge is 0.271 e. The summed E-state index contributed by atoms with van der Waals surface area (Å²) in [6.45, 7) is 4.65. The highest BCUT2D eigenvalue weighted by Gasteiger charge is 2.26. The Kier molecular flexibility index (Phi) is 6.80. The van der Waals surface area contributed by atoms with E-state index in [1.165, 1.54) is 53.9 Å². The number of hydrogen-bond donors (Lipinski definition) is 2. The molecule has 1 unspecified atom stereocenters. The van der Waals surface area contributed by atoms with E-state index in [1.54, 1.807) is 22.0 Å². The maximum Gasteiger partial charge on any atom is 0.271 e. The van der Waals surface area contributed by atoms with Crippen molar-refractivity contribution in [1.29, 1.82) is 0 Å². The number of hydrogen-bond acceptors (Lipinski definition) is 8. The Bertz CT molecular complexity index is 1520. The van der Waals surface area contributed by atoms with Crippen LogP contribution in [0.1, 0.15) is 18.9 Å². The normalized spacial score (nSPS) is 19.1. The van der Waals surface area contributed by atoms with Crippen LogP contribution in [0, 0.1) is 5.82 Å². The second-order valence-electron chi connectivity index (χ2n) is 7.91. The summed E-state index contributed by atoms with van der Waals surface area (Å²) in [5, 5.41) is 12.0. The number of benzene rings is 1. The van der Waals surface area contributed by atoms with Crippen molar-refractivity contribution in [1.82, 2.24) is 15.2 Å². The van der Waals surface area contributed by atoms with E-state index >= 15 is 0 Å². The molecule has 0 saturated carbocycles. The van der Waals surface area contributed by atoms with E-state index in [9.17, 15) is 14.0 Å². The Morgan fingerprint density at radius 3 is 2.97 bits per heavy atom. The van der Waals surface area contributed by atoms with Crippen LogP contribution < -0.4 is 34.9 Å². The highest BCUT2D eigenvalue weighted by molar-refractivity contribution is 8.08. The average molecular weight is 549 g/mol. The predicted octanol–water partition coefficient (Wildman–Crippen LogP) is 2.15. The summed E-state index contributed by atoms with van der Waals surface area (Å²) in [6, 6.07) is 4.70. The van der Waals surface area contributed by atoms with Crippen molar-refractivity contribution in [2.75, 3.05) is 11.9 Å². The van der Waals surface area contributed by atoms with Gasteiger partial charge in [0.2, 0.25) is 5.91 Å². The summed E-state index contributed by atoms with van der Waals surface area (Å²) in [6.07, 6.45) is 4.06. The number of aromatic nitrogens is 2. The number of rotatable bonds is 5. The summed E-state index contributed by atoms with van der Waals surface area (Å²) in [5.74, 6) is -0.363. The average Bonchev–Trinajstić information content (AvgIpc) is 3.57. The number of amides is 1. The van der Waals surface area contributed by atoms with Gasteiger partial charge < -0.3 is 15.5 Å². The Balaban J connectivity index is 1.49. The largest absolute Gasteiger partial charge is 0.354 e. The minimum absolute atomic E-state index is 0.0378. The maximum absolute atomic E-state index is 13.8. The lowest BCUT2D eigenvalue weighted by Gasteiger charge is -2.12. The Morgan fingerprint density at radius 1 is 1.37 bits per heavy atom. The minimum atomic E-state index is -0.284. The van der Waals surface area contributed by atoms with Gasteiger partial charge in [0.25, 0.3) is 10.6 Å². The molecule has 182 valence electrons. The maximum atomic E-state index is 13.8. The van der Waals surface area contributed by atoms with Gasteiger partial charge in [0.1, 0.15) is 20.0 Å². The second kappa shape index (κ2) is 9.84. The molecule has 0 saturated heterocycles. The number of nitrogens with zero attached hydrogens (tertiary/aromatic N) is 3. The quantitative estimate of drug-likeness (QED) is 0.477. The van der Waals surface area contributed by atoms with E-state index in [4.69, 9.17) is 0 Å². The topological polar surface area (TPSA) is 70.2 Å². The van der Waals surface area contributed by atoms with E-state index in [1.807, 2.05) is 41.9 Å². The van der Waals surface area contributed by atoms with E-state index in [2.05, 4.69) is 15.2 Å². The number of allylic oxidation sites excluding steroid dienone is 1. The van der Waals surface area contributed by atoms with Crippen LogP contribution in [0.5, 0.6) is 0 Å². The van der Waals surface area contributed by atoms with Crippen LogP contribution in [0.3, 0.4) is 0 Å². The number of thiazole rings is 2. The van der Waals surface area contributed by atoms with E-state index in [0.29, 0.717) is 17.6 Å². The van der Waals surface area contributed by atoms with E-state index < -0.39 is 0 Å². The number of halogens is 1. The molecule has 35 heavy (non-hydrogen) atoms. The molecule has 0 radical (unpaired) electrons. The highest BCUT2D eigenvalue weighted by atomic mass is 32.2. The fraction of sp³-hybridized carbons (Fsp3) is 0.261. The number of fused-ring (bicyclic) bond motifs is 1. The SMILES string of the molecule is CCn1c(=O)/c(=C2\Sc3cc(F)ccc3N2C)s/c1=C\c1scc[n+]1CC1=CSC(NC(C)=O)N1. The minimum Gasteiger partial charge on any atom is -0.354 e. The van der Waals surface area contributed by atoms with Gasteiger partial charge in [0.05, 0.1) is 22.8 Å². The number of anilines is 1. The molecule has 5 rings (SSSR count). The Hall–Kier alpha value is -2.54. The zero-order valence-corrected chi connectivity index (χ0v) is 22.5. The van der Waals surface area contributed by atoms with Gasteiger partial charge in [-0.25, -0.2) is 4.39 Å². The lowest BCUT2D eigenvalue weighted by molar-refractivity contribution is -0.686. The molecule has 0 spiro atoms. The van der Waals surface area contributed by atoms with Gasteiger partial charge in [-0.1, -0.05) is 34.9 Å². The van der Waals surface area contributed by atoms with Gasteiger partial charge >= 0.3 is 0 Å². The molecular formula is C23H23FN5O2S4+. The monoisotopic (exact) mass is 548 g/mol. The molecule has 2 aromatic heterocycles. The fourth-order valence-corrected chi connectivity index (χ4v) is 8.11. The molecule has 1 atom stereocenters. The summed E-state index contributed by atoms with van der Waals surface area (Å²) in [4.78, 5) is 27.4. The van der Waals surface area contributed by atoms with Crippen LogP contribution in [-0.2, 0) is 17.9 Å². The summed E-state index contributed by atoms with van der Waals surface area (Å²) >= 11 is 6.02. The zero-order chi connectivity index (χ0) is 24.7. The number of carbonyl (C=O) groups excluding carboxylic acids is 1. The highest BCUT2D eigenvalue weighted by Crippen LogP contribution is 2.45. The standard InChI is InChI=1S/C23H22FN5O2S4/c1-4-29-19(10-18-28(7-8-32-18)11-15-12-33-23(26-15)25-13(2)30)35-20(21(29)31)22-27(3)16-6-5-14(24)9-17(16)34-22/h5-10,12,23,26H,4,11H2,1-3H3/p+1/b22-20+. The van der Waals surface area contributed by atoms with Crippen LogP contribution >= 0.6 is 46.2 Å². The third-order valence-corrected chi connectivity index (χ3v) is 9.76. The molecule has 4 heterocycles. The third kappa shape index (κ3) is 4.80. The Morgan fingerprint density at radius 2 is 2.20 bits per heavy atom. The number of carbonyl (C=O) groups is 1. The second-order valence-corrected chi connectivity index (χ2v) is 11.9. The van der Waals surface area contributed by atoms with Crippen molar-refractivity contribution >= 4 is 68.9 Å². The van der Waals surface area contributed by atoms with Crippen molar-refractivity contribution in [2.24, 2.45) is 0 Å². The molecule has 2 N–H and O–H groups in total. The van der Waals surface area contributed by atoms with Crippen molar-refractivity contribution in [2.45, 2.75) is 37.3 Å². The molecule has 2 aliphatic rings. The first-order valence-corrected chi connectivity index (χ1v) is 14.3. The first-order chi connectivity index (χ1) is 16.8. The van der Waals surface area contributed by atoms with Crippen LogP contribution in [-0.4, -0.2) is 23.0 Å². The fourth-order valence-electron chi connectivity index (χ4n) is 3.87. The Labute approximate surface area is 217 Å². The molecular weight excluding hydrogens is 526 g/mol. The predicted molar refractivity (Wildman–Crippen MR) is 142 cm³/mol. The lowest BCUT2D eigenvalue weighted by Crippen LogP contribution is -2.43. The molecule has 7 nitrogen and oxygen atoms in total. The molecule has 12 heteroatoms. The number of nitrogens with one attached hydrogen (secondary N) is 2. The van der Waals surface area contributed by atoms with Gasteiger partial charge in [-0.05, 0) is 25.1 Å². The van der Waals surface area contributed by atoms with Crippen LogP contribution in [0.25, 0.3) is 11.1 Å². The molecule has 0 aliphatic carbocycles.